The molecule has 0 spiro atoms. The van der Waals surface area contributed by atoms with E-state index in [2.05, 4.69) is 10.4 Å². The van der Waals surface area contributed by atoms with Crippen molar-refractivity contribution in [2.75, 3.05) is 7.05 Å². The second-order valence-corrected chi connectivity index (χ2v) is 3.69. The van der Waals surface area contributed by atoms with Crippen molar-refractivity contribution >= 4 is 0 Å². The van der Waals surface area contributed by atoms with Gasteiger partial charge in [-0.05, 0) is 31.7 Å². The molecule has 1 N–H and O–H groups in total. The lowest BCUT2D eigenvalue weighted by atomic mass is 10.2. The molecule has 0 unspecified atom stereocenters. The van der Waals surface area contributed by atoms with Crippen LogP contribution in [-0.4, -0.2) is 16.8 Å². The Kier molecular flexibility index (Phi) is 3.01. The summed E-state index contributed by atoms with van der Waals surface area (Å²) in [4.78, 5) is 0. The molecule has 1 aromatic heterocycles. The van der Waals surface area contributed by atoms with Crippen molar-refractivity contribution in [3.63, 3.8) is 0 Å². The zero-order valence-electron chi connectivity index (χ0n) is 9.37. The van der Waals surface area contributed by atoms with Gasteiger partial charge in [-0.25, -0.2) is 9.07 Å². The Morgan fingerprint density at radius 3 is 2.88 bits per heavy atom. The van der Waals surface area contributed by atoms with Crippen molar-refractivity contribution in [1.29, 1.82) is 0 Å². The van der Waals surface area contributed by atoms with E-state index in [9.17, 15) is 4.39 Å². The van der Waals surface area contributed by atoms with Crippen LogP contribution in [0.3, 0.4) is 0 Å². The van der Waals surface area contributed by atoms with E-state index in [-0.39, 0.29) is 5.82 Å². The van der Waals surface area contributed by atoms with Gasteiger partial charge in [-0.3, -0.25) is 0 Å². The molecule has 0 radical (unpaired) electrons. The number of benzene rings is 1. The minimum Gasteiger partial charge on any atom is -0.314 e. The largest absolute Gasteiger partial charge is 0.314 e. The third-order valence-electron chi connectivity index (χ3n) is 2.42. The maximum Gasteiger partial charge on any atom is 0.149 e. The monoisotopic (exact) mass is 219 g/mol. The van der Waals surface area contributed by atoms with Crippen molar-refractivity contribution in [1.82, 2.24) is 15.1 Å². The number of aromatic nitrogens is 2. The number of rotatable bonds is 3. The summed E-state index contributed by atoms with van der Waals surface area (Å²) >= 11 is 0. The smallest absolute Gasteiger partial charge is 0.149 e. The highest BCUT2D eigenvalue weighted by atomic mass is 19.1. The minimum atomic E-state index is -0.251. The predicted octanol–water partition coefficient (Wildman–Crippen LogP) is 2.04. The van der Waals surface area contributed by atoms with Crippen LogP contribution in [0.5, 0.6) is 0 Å². The molecule has 0 amide bonds. The van der Waals surface area contributed by atoms with Crippen LogP contribution in [0.4, 0.5) is 4.39 Å². The molecule has 2 rings (SSSR count). The van der Waals surface area contributed by atoms with E-state index in [1.807, 2.05) is 26.1 Å². The molecule has 3 nitrogen and oxygen atoms in total. The summed E-state index contributed by atoms with van der Waals surface area (Å²) in [6.07, 6.45) is 1.78. The molecular weight excluding hydrogens is 205 g/mol. The number of nitrogens with one attached hydrogen (secondary N) is 1. The van der Waals surface area contributed by atoms with E-state index in [0.717, 1.165) is 11.3 Å². The summed E-state index contributed by atoms with van der Waals surface area (Å²) in [5, 5.41) is 7.31. The Bertz CT molecular complexity index is 471. The summed E-state index contributed by atoms with van der Waals surface area (Å²) in [5.41, 5.74) is 2.29. The van der Waals surface area contributed by atoms with Gasteiger partial charge in [0.05, 0.1) is 5.69 Å². The number of hydrogen-bond acceptors (Lipinski definition) is 2. The molecular formula is C12H14FN3. The molecule has 0 aliphatic rings. The number of hydrogen-bond donors (Lipinski definition) is 1. The van der Waals surface area contributed by atoms with Crippen LogP contribution >= 0.6 is 0 Å². The maximum atomic E-state index is 13.7. The van der Waals surface area contributed by atoms with Crippen LogP contribution in [0.2, 0.25) is 0 Å². The summed E-state index contributed by atoms with van der Waals surface area (Å²) < 4.78 is 15.2. The lowest BCUT2D eigenvalue weighted by Gasteiger charge is -2.06. The van der Waals surface area contributed by atoms with Crippen LogP contribution in [0, 0.1) is 12.7 Å². The van der Waals surface area contributed by atoms with Gasteiger partial charge >= 0.3 is 0 Å². The van der Waals surface area contributed by atoms with Crippen LogP contribution in [0.15, 0.2) is 30.5 Å². The standard InChI is InChI=1S/C12H14FN3/c1-9-4-3-5-11(13)12(9)16-7-6-10(15-16)8-14-2/h3-7,14H,8H2,1-2H3. The second-order valence-electron chi connectivity index (χ2n) is 3.69. The fraction of sp³-hybridized carbons (Fsp3) is 0.250. The first-order chi connectivity index (χ1) is 7.72. The Labute approximate surface area is 93.9 Å². The zero-order valence-corrected chi connectivity index (χ0v) is 9.37. The lowest BCUT2D eigenvalue weighted by Crippen LogP contribution is -2.07. The average Bonchev–Trinajstić information content (AvgIpc) is 2.67. The van der Waals surface area contributed by atoms with Gasteiger partial charge in [0.2, 0.25) is 0 Å². The molecule has 0 fully saturated rings. The van der Waals surface area contributed by atoms with E-state index >= 15 is 0 Å². The van der Waals surface area contributed by atoms with Gasteiger partial charge in [0.25, 0.3) is 0 Å². The Hall–Kier alpha value is -1.68. The second kappa shape index (κ2) is 4.45. The highest BCUT2D eigenvalue weighted by Gasteiger charge is 2.08. The van der Waals surface area contributed by atoms with Gasteiger partial charge in [0.1, 0.15) is 11.5 Å². The van der Waals surface area contributed by atoms with E-state index in [4.69, 9.17) is 0 Å². The van der Waals surface area contributed by atoms with E-state index in [1.54, 1.807) is 16.9 Å². The molecule has 0 aliphatic carbocycles. The lowest BCUT2D eigenvalue weighted by molar-refractivity contribution is 0.607. The topological polar surface area (TPSA) is 29.9 Å². The molecule has 1 heterocycles. The Morgan fingerprint density at radius 2 is 2.19 bits per heavy atom. The molecule has 0 saturated carbocycles. The highest BCUT2D eigenvalue weighted by molar-refractivity contribution is 5.40. The first-order valence-electron chi connectivity index (χ1n) is 5.17. The highest BCUT2D eigenvalue weighted by Crippen LogP contribution is 2.17. The molecule has 2 aromatic rings. The fourth-order valence-electron chi connectivity index (χ4n) is 1.67. The molecule has 4 heteroatoms. The Balaban J connectivity index is 2.42. The molecule has 0 atom stereocenters. The maximum absolute atomic E-state index is 13.7. The number of nitrogens with zero attached hydrogens (tertiary/aromatic N) is 2. The van der Waals surface area contributed by atoms with Gasteiger partial charge in [0, 0.05) is 12.7 Å². The van der Waals surface area contributed by atoms with E-state index < -0.39 is 0 Å². The summed E-state index contributed by atoms with van der Waals surface area (Å²) in [6, 6.07) is 6.90. The Morgan fingerprint density at radius 1 is 1.38 bits per heavy atom. The van der Waals surface area contributed by atoms with Gasteiger partial charge in [-0.2, -0.15) is 5.10 Å². The van der Waals surface area contributed by atoms with Gasteiger partial charge in [-0.1, -0.05) is 12.1 Å². The van der Waals surface area contributed by atoms with Crippen LogP contribution < -0.4 is 5.32 Å². The zero-order chi connectivity index (χ0) is 11.5. The third-order valence-corrected chi connectivity index (χ3v) is 2.42. The summed E-state index contributed by atoms with van der Waals surface area (Å²) in [7, 11) is 1.85. The quantitative estimate of drug-likeness (QED) is 0.856. The molecule has 16 heavy (non-hydrogen) atoms. The normalized spacial score (nSPS) is 10.7. The molecule has 1 aromatic carbocycles. The predicted molar refractivity (Wildman–Crippen MR) is 61.0 cm³/mol. The molecule has 0 aliphatic heterocycles. The third kappa shape index (κ3) is 1.97. The summed E-state index contributed by atoms with van der Waals surface area (Å²) in [6.45, 7) is 2.55. The van der Waals surface area contributed by atoms with Gasteiger partial charge in [-0.15, -0.1) is 0 Å². The van der Waals surface area contributed by atoms with Gasteiger partial charge in [0.15, 0.2) is 0 Å². The van der Waals surface area contributed by atoms with Crippen molar-refractivity contribution in [3.05, 3.63) is 47.5 Å². The van der Waals surface area contributed by atoms with Crippen molar-refractivity contribution < 1.29 is 4.39 Å². The fourth-order valence-corrected chi connectivity index (χ4v) is 1.67. The summed E-state index contributed by atoms with van der Waals surface area (Å²) in [5.74, 6) is -0.251. The van der Waals surface area contributed by atoms with E-state index in [1.165, 1.54) is 6.07 Å². The molecule has 0 bridgehead atoms. The van der Waals surface area contributed by atoms with Crippen molar-refractivity contribution in [3.8, 4) is 5.69 Å². The number of aryl methyl sites for hydroxylation is 1. The molecule has 84 valence electrons. The van der Waals surface area contributed by atoms with Gasteiger partial charge < -0.3 is 5.32 Å². The SMILES string of the molecule is CNCc1ccn(-c2c(C)cccc2F)n1. The number of para-hydroxylation sites is 1. The average molecular weight is 219 g/mol. The first kappa shape index (κ1) is 10.8. The molecule has 0 saturated heterocycles. The van der Waals surface area contributed by atoms with Crippen LogP contribution in [0.25, 0.3) is 5.69 Å². The first-order valence-corrected chi connectivity index (χ1v) is 5.17. The minimum absolute atomic E-state index is 0.251. The van der Waals surface area contributed by atoms with Crippen molar-refractivity contribution in [2.24, 2.45) is 0 Å². The van der Waals surface area contributed by atoms with Crippen LogP contribution in [0.1, 0.15) is 11.3 Å². The van der Waals surface area contributed by atoms with E-state index in [0.29, 0.717) is 12.2 Å². The van der Waals surface area contributed by atoms with Crippen molar-refractivity contribution in [2.45, 2.75) is 13.5 Å². The van der Waals surface area contributed by atoms with Crippen LogP contribution in [-0.2, 0) is 6.54 Å². The number of halogens is 1.